The minimum Gasteiger partial charge on any atom is -0.504 e. The zero-order chi connectivity index (χ0) is 32.0. The van der Waals surface area contributed by atoms with Gasteiger partial charge in [-0.2, -0.15) is 0 Å². The van der Waals surface area contributed by atoms with E-state index < -0.39 is 55.3 Å². The summed E-state index contributed by atoms with van der Waals surface area (Å²) >= 11 is 0. The van der Waals surface area contributed by atoms with Crippen LogP contribution in [0, 0.1) is 0 Å². The highest BCUT2D eigenvalue weighted by molar-refractivity contribution is 5.87. The van der Waals surface area contributed by atoms with Crippen molar-refractivity contribution in [1.82, 2.24) is 0 Å². The molecule has 44 heavy (non-hydrogen) atoms. The molecular weight excluding hydrogens is 580 g/mol. The van der Waals surface area contributed by atoms with Gasteiger partial charge in [0.15, 0.2) is 29.3 Å². The van der Waals surface area contributed by atoms with Gasteiger partial charge in [-0.15, -0.1) is 0 Å². The van der Waals surface area contributed by atoms with Crippen molar-refractivity contribution in [2.75, 3.05) is 40.6 Å². The lowest BCUT2D eigenvalue weighted by atomic mass is 9.90. The fourth-order valence-electron chi connectivity index (χ4n) is 5.06. The summed E-state index contributed by atoms with van der Waals surface area (Å²) in [5.74, 6) is -0.0469. The number of ether oxygens (including phenoxy) is 6. The van der Waals surface area contributed by atoms with Gasteiger partial charge >= 0.3 is 5.97 Å². The molecule has 0 bridgehead atoms. The second-order valence-corrected chi connectivity index (χ2v) is 10.3. The molecule has 240 valence electrons. The summed E-state index contributed by atoms with van der Waals surface area (Å²) in [6, 6.07) is 8.43. The van der Waals surface area contributed by atoms with Gasteiger partial charge in [0.2, 0.25) is 0 Å². The number of aliphatic hydroxyl groups excluding tert-OH is 5. The van der Waals surface area contributed by atoms with E-state index in [9.17, 15) is 30.3 Å². The molecule has 0 radical (unpaired) electrons. The average molecular weight is 619 g/mol. The van der Waals surface area contributed by atoms with E-state index in [0.29, 0.717) is 28.2 Å². The number of benzene rings is 2. The van der Waals surface area contributed by atoms with Gasteiger partial charge in [0.1, 0.15) is 37.1 Å². The van der Waals surface area contributed by atoms with Crippen LogP contribution in [0.25, 0.3) is 6.08 Å². The number of hydrogen-bond acceptors (Lipinski definition) is 13. The minimum absolute atomic E-state index is 0.0177. The molecule has 7 atom stereocenters. The first-order valence-corrected chi connectivity index (χ1v) is 13.9. The van der Waals surface area contributed by atoms with E-state index >= 15 is 0 Å². The SMILES string of the molecule is C=C(CCO)C(=O)OC[C@H]1O[C@H](OC/C=C/c2cc(OC)c3c(c2)[C@@H](CO)[C@H](c2ccc(O)c(OC)c2)O3)[C@H](O)[C@H](O)[C@H]1O. The maximum Gasteiger partial charge on any atom is 0.333 e. The second kappa shape index (κ2) is 14.9. The summed E-state index contributed by atoms with van der Waals surface area (Å²) < 4.78 is 33.2. The molecule has 2 aliphatic heterocycles. The molecule has 2 heterocycles. The van der Waals surface area contributed by atoms with Crippen LogP contribution in [0.1, 0.15) is 35.1 Å². The molecule has 2 aromatic rings. The Morgan fingerprint density at radius 1 is 1.02 bits per heavy atom. The fraction of sp³-hybridized carbons (Fsp3) is 0.452. The van der Waals surface area contributed by atoms with E-state index in [0.717, 1.165) is 0 Å². The topological polar surface area (TPSA) is 194 Å². The van der Waals surface area contributed by atoms with Gasteiger partial charge in [-0.05, 0) is 35.4 Å². The molecule has 0 spiro atoms. The van der Waals surface area contributed by atoms with E-state index in [1.54, 1.807) is 30.4 Å². The number of fused-ring (bicyclic) bond motifs is 1. The van der Waals surface area contributed by atoms with Crippen LogP contribution in [-0.4, -0.2) is 108 Å². The van der Waals surface area contributed by atoms with Gasteiger partial charge in [0, 0.05) is 24.2 Å². The van der Waals surface area contributed by atoms with Crippen LogP contribution < -0.4 is 14.2 Å². The minimum atomic E-state index is -1.63. The zero-order valence-corrected chi connectivity index (χ0v) is 24.4. The zero-order valence-electron chi connectivity index (χ0n) is 24.4. The lowest BCUT2D eigenvalue weighted by molar-refractivity contribution is -0.299. The molecule has 1 saturated heterocycles. The highest BCUT2D eigenvalue weighted by atomic mass is 16.7. The fourth-order valence-corrected chi connectivity index (χ4v) is 5.06. The number of rotatable bonds is 13. The number of phenolic OH excluding ortho intramolecular Hbond substituents is 1. The standard InChI is InChI=1S/C31H38O13/c1-16(8-9-32)30(38)42-15-24-25(35)26(36)27(37)31(43-24)41-10-4-5-17-11-19-20(14-33)28(44-29(19)23(12-17)40-3)18-6-7-21(34)22(13-18)39-2/h4-7,11-13,20,24-28,31-37H,1,8-10,14-15H2,2-3H3/b5-4+/t20-,24-,25+,26-,27-,28+,31+/m1/s1. The second-order valence-electron chi connectivity index (χ2n) is 10.3. The van der Waals surface area contributed by atoms with Crippen molar-refractivity contribution in [2.24, 2.45) is 0 Å². The van der Waals surface area contributed by atoms with E-state index in [2.05, 4.69) is 6.58 Å². The molecule has 0 amide bonds. The Morgan fingerprint density at radius 3 is 2.45 bits per heavy atom. The van der Waals surface area contributed by atoms with Gasteiger partial charge in [-0.1, -0.05) is 24.8 Å². The number of aliphatic hydroxyl groups is 5. The number of aromatic hydroxyl groups is 1. The third kappa shape index (κ3) is 7.16. The monoisotopic (exact) mass is 618 g/mol. The molecule has 13 heteroatoms. The molecule has 4 rings (SSSR count). The van der Waals surface area contributed by atoms with Crippen LogP contribution in [0.3, 0.4) is 0 Å². The lowest BCUT2D eigenvalue weighted by Crippen LogP contribution is -2.59. The number of esters is 1. The van der Waals surface area contributed by atoms with Crippen LogP contribution >= 0.6 is 0 Å². The molecule has 1 fully saturated rings. The third-order valence-electron chi connectivity index (χ3n) is 7.48. The normalized spacial score (nSPS) is 26.2. The van der Waals surface area contributed by atoms with Gasteiger partial charge in [0.05, 0.1) is 33.4 Å². The first-order valence-electron chi connectivity index (χ1n) is 13.9. The molecule has 0 aromatic heterocycles. The predicted molar refractivity (Wildman–Crippen MR) is 154 cm³/mol. The Bertz CT molecular complexity index is 1340. The maximum atomic E-state index is 12.0. The van der Waals surface area contributed by atoms with E-state index in [1.165, 1.54) is 20.3 Å². The van der Waals surface area contributed by atoms with E-state index in [1.807, 2.05) is 6.07 Å². The smallest absolute Gasteiger partial charge is 0.333 e. The lowest BCUT2D eigenvalue weighted by Gasteiger charge is -2.39. The summed E-state index contributed by atoms with van der Waals surface area (Å²) in [6.07, 6.45) is -4.47. The van der Waals surface area contributed by atoms with E-state index in [-0.39, 0.29) is 43.3 Å². The number of phenols is 1. The van der Waals surface area contributed by atoms with Crippen LogP contribution in [0.2, 0.25) is 0 Å². The average Bonchev–Trinajstić information content (AvgIpc) is 3.40. The quantitative estimate of drug-likeness (QED) is 0.137. The molecule has 2 aromatic carbocycles. The number of methoxy groups -OCH3 is 2. The van der Waals surface area contributed by atoms with Crippen molar-refractivity contribution in [3.8, 4) is 23.0 Å². The van der Waals surface area contributed by atoms with Crippen molar-refractivity contribution in [2.45, 2.75) is 49.1 Å². The van der Waals surface area contributed by atoms with Gasteiger partial charge < -0.3 is 59.1 Å². The Labute approximate surface area is 254 Å². The van der Waals surface area contributed by atoms with Crippen LogP contribution in [0.5, 0.6) is 23.0 Å². The van der Waals surface area contributed by atoms with Crippen molar-refractivity contribution in [1.29, 1.82) is 0 Å². The highest BCUT2D eigenvalue weighted by Gasteiger charge is 2.45. The first-order chi connectivity index (χ1) is 21.1. The highest BCUT2D eigenvalue weighted by Crippen LogP contribution is 2.51. The third-order valence-corrected chi connectivity index (χ3v) is 7.48. The molecular formula is C31H38O13. The molecule has 0 saturated carbocycles. The number of carbonyl (C=O) groups is 1. The number of hydrogen-bond donors (Lipinski definition) is 6. The number of carbonyl (C=O) groups excluding carboxylic acids is 1. The van der Waals surface area contributed by atoms with Crippen molar-refractivity contribution < 1.29 is 63.9 Å². The van der Waals surface area contributed by atoms with Crippen molar-refractivity contribution >= 4 is 12.0 Å². The Balaban J connectivity index is 1.42. The van der Waals surface area contributed by atoms with Gasteiger partial charge in [0.25, 0.3) is 0 Å². The Kier molecular flexibility index (Phi) is 11.2. The van der Waals surface area contributed by atoms with Crippen LogP contribution in [-0.2, 0) is 19.0 Å². The molecule has 13 nitrogen and oxygen atoms in total. The molecule has 6 N–H and O–H groups in total. The Morgan fingerprint density at radius 2 is 1.77 bits per heavy atom. The largest absolute Gasteiger partial charge is 0.504 e. The van der Waals surface area contributed by atoms with Gasteiger partial charge in [-0.3, -0.25) is 0 Å². The van der Waals surface area contributed by atoms with Crippen LogP contribution in [0.15, 0.2) is 48.6 Å². The summed E-state index contributed by atoms with van der Waals surface area (Å²) in [5.41, 5.74) is 2.15. The van der Waals surface area contributed by atoms with Crippen molar-refractivity contribution in [3.63, 3.8) is 0 Å². The van der Waals surface area contributed by atoms with Gasteiger partial charge in [-0.25, -0.2) is 4.79 Å². The molecule has 0 aliphatic carbocycles. The summed E-state index contributed by atoms with van der Waals surface area (Å²) in [6.45, 7) is 2.49. The molecule has 2 aliphatic rings. The summed E-state index contributed by atoms with van der Waals surface area (Å²) in [5, 5.41) is 60.1. The predicted octanol–water partition coefficient (Wildman–Crippen LogP) is 0.938. The summed E-state index contributed by atoms with van der Waals surface area (Å²) in [7, 11) is 2.94. The Hall–Kier alpha value is -3.69. The van der Waals surface area contributed by atoms with E-state index in [4.69, 9.17) is 33.5 Å². The van der Waals surface area contributed by atoms with Crippen LogP contribution in [0.4, 0.5) is 0 Å². The first kappa shape index (κ1) is 33.2. The molecule has 0 unspecified atom stereocenters. The maximum absolute atomic E-state index is 12.0. The summed E-state index contributed by atoms with van der Waals surface area (Å²) in [4.78, 5) is 12.0. The van der Waals surface area contributed by atoms with Crippen molar-refractivity contribution in [3.05, 3.63) is 65.3 Å².